The van der Waals surface area contributed by atoms with E-state index >= 15 is 0 Å². The van der Waals surface area contributed by atoms with Gasteiger partial charge in [0, 0.05) is 60.3 Å². The molecule has 1 atom stereocenters. The number of halogens is 1. The minimum atomic E-state index is -0.546. The molecule has 0 radical (unpaired) electrons. The molecule has 4 aromatic carbocycles. The van der Waals surface area contributed by atoms with E-state index in [2.05, 4.69) is 21.8 Å². The zero-order chi connectivity index (χ0) is 31.1. The molecular formula is C36H32FN3O5. The quantitative estimate of drug-likeness (QED) is 0.202. The highest BCUT2D eigenvalue weighted by Gasteiger charge is 2.33. The van der Waals surface area contributed by atoms with Gasteiger partial charge in [-0.05, 0) is 71.4 Å². The second kappa shape index (κ2) is 11.8. The van der Waals surface area contributed by atoms with Crippen molar-refractivity contribution in [1.82, 2.24) is 14.8 Å². The number of piperazine rings is 1. The van der Waals surface area contributed by atoms with Crippen molar-refractivity contribution in [2.75, 3.05) is 40.3 Å². The lowest BCUT2D eigenvalue weighted by Crippen LogP contribution is -2.46. The Balaban J connectivity index is 1.38. The number of hydrogen-bond acceptors (Lipinski definition) is 8. The molecule has 228 valence electrons. The van der Waals surface area contributed by atoms with Crippen molar-refractivity contribution in [3.63, 3.8) is 0 Å². The molecule has 1 N–H and O–H groups in total. The van der Waals surface area contributed by atoms with Crippen molar-refractivity contribution < 1.29 is 28.2 Å². The molecule has 7 rings (SSSR count). The third-order valence-electron chi connectivity index (χ3n) is 8.74. The fourth-order valence-corrected chi connectivity index (χ4v) is 6.41. The highest BCUT2D eigenvalue weighted by Crippen LogP contribution is 2.47. The Labute approximate surface area is 259 Å². The average molecular weight is 606 g/mol. The first-order valence-electron chi connectivity index (χ1n) is 14.8. The first-order chi connectivity index (χ1) is 21.9. The summed E-state index contributed by atoms with van der Waals surface area (Å²) in [5.41, 5.74) is 3.14. The van der Waals surface area contributed by atoms with E-state index < -0.39 is 12.0 Å². The fourth-order valence-electron chi connectivity index (χ4n) is 6.41. The minimum absolute atomic E-state index is 0.0379. The van der Waals surface area contributed by atoms with Crippen LogP contribution < -0.4 is 4.74 Å². The van der Waals surface area contributed by atoms with Gasteiger partial charge in [0.15, 0.2) is 0 Å². The van der Waals surface area contributed by atoms with Crippen molar-refractivity contribution in [2.45, 2.75) is 12.6 Å². The van der Waals surface area contributed by atoms with Gasteiger partial charge in [-0.3, -0.25) is 9.88 Å². The summed E-state index contributed by atoms with van der Waals surface area (Å²) in [6, 6.07) is 19.3. The van der Waals surface area contributed by atoms with E-state index in [1.54, 1.807) is 24.5 Å². The number of aromatic hydroxyl groups is 1. The van der Waals surface area contributed by atoms with Crippen molar-refractivity contribution >= 4 is 38.5 Å². The predicted octanol–water partition coefficient (Wildman–Crippen LogP) is 6.68. The molecule has 0 bridgehead atoms. The predicted molar refractivity (Wildman–Crippen MR) is 170 cm³/mol. The molecule has 0 amide bonds. The molecule has 1 aliphatic rings. The number of hydrogen-bond donors (Lipinski definition) is 1. The minimum Gasteiger partial charge on any atom is -0.507 e. The Morgan fingerprint density at radius 2 is 1.78 bits per heavy atom. The number of esters is 1. The topological polar surface area (TPSA) is 88.3 Å². The molecule has 2 aromatic heterocycles. The molecule has 3 heterocycles. The summed E-state index contributed by atoms with van der Waals surface area (Å²) in [6.45, 7) is 3.47. The highest BCUT2D eigenvalue weighted by atomic mass is 19.1. The smallest absolute Gasteiger partial charge is 0.341 e. The highest BCUT2D eigenvalue weighted by molar-refractivity contribution is 6.16. The maximum atomic E-state index is 13.8. The maximum absolute atomic E-state index is 13.8. The van der Waals surface area contributed by atoms with E-state index in [9.17, 15) is 14.3 Å². The van der Waals surface area contributed by atoms with Gasteiger partial charge in [0.05, 0.1) is 13.2 Å². The number of carbonyl (C=O) groups is 1. The summed E-state index contributed by atoms with van der Waals surface area (Å²) < 4.78 is 31.3. The number of ether oxygens (including phenoxy) is 2. The van der Waals surface area contributed by atoms with Crippen molar-refractivity contribution in [3.05, 3.63) is 113 Å². The molecule has 8 nitrogen and oxygen atoms in total. The van der Waals surface area contributed by atoms with Crippen LogP contribution in [0.25, 0.3) is 32.5 Å². The van der Waals surface area contributed by atoms with Gasteiger partial charge >= 0.3 is 5.97 Å². The van der Waals surface area contributed by atoms with Crippen LogP contribution in [0.3, 0.4) is 0 Å². The number of aromatic nitrogens is 1. The van der Waals surface area contributed by atoms with Crippen LogP contribution in [-0.2, 0) is 11.3 Å². The summed E-state index contributed by atoms with van der Waals surface area (Å²) >= 11 is 0. The van der Waals surface area contributed by atoms with Crippen LogP contribution in [-0.4, -0.2) is 66.2 Å². The van der Waals surface area contributed by atoms with Crippen molar-refractivity contribution in [2.24, 2.45) is 0 Å². The lowest BCUT2D eigenvalue weighted by atomic mass is 9.89. The summed E-state index contributed by atoms with van der Waals surface area (Å²) in [5, 5.41) is 15.6. The molecule has 1 unspecified atom stereocenters. The number of phenolic OH excluding ortho intramolecular Hbond substituents is 1. The van der Waals surface area contributed by atoms with Crippen LogP contribution in [0.1, 0.15) is 33.1 Å². The Bertz CT molecular complexity index is 2040. The second-order valence-electron chi connectivity index (χ2n) is 11.4. The number of likely N-dealkylation sites (N-methyl/N-ethyl adjacent to an activating group) is 1. The summed E-state index contributed by atoms with van der Waals surface area (Å²) in [7, 11) is 3.42. The molecule has 6 aromatic rings. The monoisotopic (exact) mass is 605 g/mol. The third-order valence-corrected chi connectivity index (χ3v) is 8.74. The molecule has 1 aliphatic heterocycles. The molecule has 1 fully saturated rings. The number of rotatable bonds is 7. The maximum Gasteiger partial charge on any atom is 0.341 e. The number of phenols is 1. The zero-order valence-corrected chi connectivity index (χ0v) is 25.0. The standard InChI is InChI=1S/C36H32FN3O5/c1-39-14-16-40(17-15-39)33(22-10-12-38-13-11-22)32-31-30(36(42)43-2)21-45-35(31)28-9-7-26(19-29(28)34(32)41)44-20-24-5-3-4-23-18-25(37)6-8-27(23)24/h3-13,18-19,21,33,41H,14-17,20H2,1-2H3. The molecule has 45 heavy (non-hydrogen) atoms. The molecule has 1 saturated heterocycles. The zero-order valence-electron chi connectivity index (χ0n) is 25.0. The number of pyridine rings is 1. The van der Waals surface area contributed by atoms with Crippen LogP contribution in [0.5, 0.6) is 11.5 Å². The van der Waals surface area contributed by atoms with Crippen molar-refractivity contribution in [1.29, 1.82) is 0 Å². The Hall–Kier alpha value is -4.99. The third kappa shape index (κ3) is 5.24. The Kier molecular flexibility index (Phi) is 7.56. The molecule has 0 saturated carbocycles. The van der Waals surface area contributed by atoms with Crippen LogP contribution in [0.2, 0.25) is 0 Å². The normalized spacial score (nSPS) is 15.1. The lowest BCUT2D eigenvalue weighted by molar-refractivity contribution is 0.0601. The summed E-state index contributed by atoms with van der Waals surface area (Å²) in [4.78, 5) is 21.8. The number of furan rings is 1. The number of nitrogens with zero attached hydrogens (tertiary/aromatic N) is 3. The Morgan fingerprint density at radius 1 is 1.00 bits per heavy atom. The SMILES string of the molecule is COC(=O)c1coc2c1c(C(c1ccncc1)N1CCN(C)CC1)c(O)c1cc(OCc3cccc4cc(F)ccc34)ccc12. The number of benzene rings is 4. The average Bonchev–Trinajstić information content (AvgIpc) is 3.51. The van der Waals surface area contributed by atoms with Crippen LogP contribution in [0.4, 0.5) is 4.39 Å². The molecule has 9 heteroatoms. The lowest BCUT2D eigenvalue weighted by Gasteiger charge is -2.39. The molecular weight excluding hydrogens is 573 g/mol. The van der Waals surface area contributed by atoms with E-state index in [-0.39, 0.29) is 23.7 Å². The van der Waals surface area contributed by atoms with Gasteiger partial charge in [0.25, 0.3) is 0 Å². The first kappa shape index (κ1) is 28.8. The van der Waals surface area contributed by atoms with Gasteiger partial charge in [-0.15, -0.1) is 0 Å². The molecule has 0 aliphatic carbocycles. The van der Waals surface area contributed by atoms with Gasteiger partial charge < -0.3 is 23.9 Å². The van der Waals surface area contributed by atoms with Crippen LogP contribution in [0, 0.1) is 5.82 Å². The first-order valence-corrected chi connectivity index (χ1v) is 14.8. The van der Waals surface area contributed by atoms with Crippen LogP contribution in [0.15, 0.2) is 89.8 Å². The largest absolute Gasteiger partial charge is 0.507 e. The van der Waals surface area contributed by atoms with E-state index in [4.69, 9.17) is 13.9 Å². The van der Waals surface area contributed by atoms with Crippen molar-refractivity contribution in [3.8, 4) is 11.5 Å². The summed E-state index contributed by atoms with van der Waals surface area (Å²) in [5.74, 6) is -0.254. The number of methoxy groups -OCH3 is 1. The van der Waals surface area contributed by atoms with E-state index in [0.717, 1.165) is 48.1 Å². The number of carbonyl (C=O) groups excluding carboxylic acids is 1. The van der Waals surface area contributed by atoms with E-state index in [1.807, 2.05) is 42.5 Å². The Morgan fingerprint density at radius 3 is 2.56 bits per heavy atom. The van der Waals surface area contributed by atoms with Gasteiger partial charge in [-0.25, -0.2) is 9.18 Å². The van der Waals surface area contributed by atoms with E-state index in [1.165, 1.54) is 25.5 Å². The number of fused-ring (bicyclic) bond motifs is 4. The molecule has 0 spiro atoms. The van der Waals surface area contributed by atoms with Crippen LogP contribution >= 0.6 is 0 Å². The van der Waals surface area contributed by atoms with E-state index in [0.29, 0.717) is 33.1 Å². The summed E-state index contributed by atoms with van der Waals surface area (Å²) in [6.07, 6.45) is 4.87. The van der Waals surface area contributed by atoms with Gasteiger partial charge in [-0.2, -0.15) is 0 Å². The van der Waals surface area contributed by atoms with Gasteiger partial charge in [0.2, 0.25) is 0 Å². The second-order valence-corrected chi connectivity index (χ2v) is 11.4. The van der Waals surface area contributed by atoms with Gasteiger partial charge in [0.1, 0.15) is 41.3 Å². The fraction of sp³-hybridized carbons (Fsp3) is 0.222. The van der Waals surface area contributed by atoms with Gasteiger partial charge in [-0.1, -0.05) is 24.3 Å².